The van der Waals surface area contributed by atoms with Gasteiger partial charge in [-0.25, -0.2) is 0 Å². The Kier molecular flexibility index (Phi) is 6.51. The predicted octanol–water partition coefficient (Wildman–Crippen LogP) is 4.19. The number of furan rings is 1. The van der Waals surface area contributed by atoms with Crippen molar-refractivity contribution in [3.05, 3.63) is 59.5 Å². The molecular weight excluding hydrogens is 326 g/mol. The Morgan fingerprint density at radius 1 is 1.31 bits per heavy atom. The first-order valence-corrected chi connectivity index (χ1v) is 9.63. The second-order valence-electron chi connectivity index (χ2n) is 7.20. The lowest BCUT2D eigenvalue weighted by Gasteiger charge is -2.35. The normalized spacial score (nSPS) is 18.7. The molecule has 0 saturated carbocycles. The lowest BCUT2D eigenvalue weighted by atomic mass is 9.90. The molecule has 1 aromatic carbocycles. The molecule has 1 aliphatic heterocycles. The molecule has 2 heterocycles. The molecule has 26 heavy (non-hydrogen) atoms. The highest BCUT2D eigenvalue weighted by molar-refractivity contribution is 5.84. The molecule has 1 fully saturated rings. The second-order valence-corrected chi connectivity index (χ2v) is 7.20. The summed E-state index contributed by atoms with van der Waals surface area (Å²) in [5, 5.41) is 0. The number of likely N-dealkylation sites (tertiary alicyclic amines) is 1. The Morgan fingerprint density at radius 2 is 2.12 bits per heavy atom. The van der Waals surface area contributed by atoms with Crippen LogP contribution < -0.4 is 0 Å². The molecule has 0 N–H and O–H groups in total. The number of aryl methyl sites for hydroxylation is 1. The van der Waals surface area contributed by atoms with E-state index >= 15 is 0 Å². The van der Waals surface area contributed by atoms with E-state index < -0.39 is 0 Å². The molecule has 0 aliphatic carbocycles. The summed E-state index contributed by atoms with van der Waals surface area (Å²) < 4.78 is 11.1. The molecule has 1 saturated heterocycles. The summed E-state index contributed by atoms with van der Waals surface area (Å²) in [4.78, 5) is 15.4. The minimum Gasteiger partial charge on any atom is -0.469 e. The first-order valence-electron chi connectivity index (χ1n) is 9.63. The number of hydrogen-bond donors (Lipinski definition) is 0. The number of amides is 1. The van der Waals surface area contributed by atoms with Crippen LogP contribution in [0.25, 0.3) is 0 Å². The number of ether oxygens (including phenoxy) is 1. The molecule has 2 aromatic rings. The fraction of sp³-hybridized carbons (Fsp3) is 0.500. The fourth-order valence-electron chi connectivity index (χ4n) is 3.68. The topological polar surface area (TPSA) is 42.7 Å². The molecule has 0 spiro atoms. The summed E-state index contributed by atoms with van der Waals surface area (Å²) in [7, 11) is 0. The van der Waals surface area contributed by atoms with E-state index in [9.17, 15) is 4.79 Å². The lowest BCUT2D eigenvalue weighted by molar-refractivity contribution is -0.135. The van der Waals surface area contributed by atoms with Gasteiger partial charge in [0.1, 0.15) is 5.76 Å². The molecular formula is C22H29NO3. The van der Waals surface area contributed by atoms with Gasteiger partial charge in [-0.15, -0.1) is 0 Å². The van der Waals surface area contributed by atoms with E-state index in [1.54, 1.807) is 6.26 Å². The zero-order valence-corrected chi connectivity index (χ0v) is 15.8. The van der Waals surface area contributed by atoms with Crippen molar-refractivity contribution < 1.29 is 13.9 Å². The van der Waals surface area contributed by atoms with Crippen LogP contribution in [0, 0.1) is 12.8 Å². The zero-order valence-electron chi connectivity index (χ0n) is 15.8. The molecule has 2 unspecified atom stereocenters. The van der Waals surface area contributed by atoms with E-state index in [1.807, 2.05) is 24.0 Å². The average Bonchev–Trinajstić information content (AvgIpc) is 3.18. The standard InChI is InChI=1S/C22H29NO3/c1-3-25-16-18-6-4-12-23(15-18)22(24)21(14-20-7-5-13-26-20)19-10-8-17(2)9-11-19/h5,7-11,13,18,21H,3-4,6,12,14-16H2,1-2H3. The Labute approximate surface area is 156 Å². The summed E-state index contributed by atoms with van der Waals surface area (Å²) in [5.41, 5.74) is 2.26. The number of carbonyl (C=O) groups excluding carboxylic acids is 1. The van der Waals surface area contributed by atoms with Crippen LogP contribution in [0.4, 0.5) is 0 Å². The van der Waals surface area contributed by atoms with E-state index in [0.29, 0.717) is 12.3 Å². The molecule has 140 valence electrons. The molecule has 1 aromatic heterocycles. The highest BCUT2D eigenvalue weighted by Gasteiger charge is 2.30. The van der Waals surface area contributed by atoms with Crippen LogP contribution in [-0.2, 0) is 16.0 Å². The third-order valence-corrected chi connectivity index (χ3v) is 5.15. The van der Waals surface area contributed by atoms with Gasteiger partial charge in [0, 0.05) is 26.1 Å². The van der Waals surface area contributed by atoms with E-state index in [4.69, 9.17) is 9.15 Å². The number of benzene rings is 1. The number of carbonyl (C=O) groups is 1. The third kappa shape index (κ3) is 4.76. The van der Waals surface area contributed by atoms with E-state index in [2.05, 4.69) is 31.2 Å². The van der Waals surface area contributed by atoms with Crippen molar-refractivity contribution in [2.24, 2.45) is 5.92 Å². The highest BCUT2D eigenvalue weighted by atomic mass is 16.5. The monoisotopic (exact) mass is 355 g/mol. The van der Waals surface area contributed by atoms with Crippen LogP contribution in [0.5, 0.6) is 0 Å². The van der Waals surface area contributed by atoms with Gasteiger partial charge in [-0.05, 0) is 50.3 Å². The maximum absolute atomic E-state index is 13.4. The Balaban J connectivity index is 1.76. The second kappa shape index (κ2) is 9.04. The van der Waals surface area contributed by atoms with Gasteiger partial charge < -0.3 is 14.1 Å². The third-order valence-electron chi connectivity index (χ3n) is 5.15. The van der Waals surface area contributed by atoms with E-state index in [0.717, 1.165) is 50.5 Å². The van der Waals surface area contributed by atoms with Gasteiger partial charge in [-0.1, -0.05) is 29.8 Å². The maximum Gasteiger partial charge on any atom is 0.230 e. The quantitative estimate of drug-likeness (QED) is 0.748. The first kappa shape index (κ1) is 18.7. The van der Waals surface area contributed by atoms with Crippen molar-refractivity contribution in [2.75, 3.05) is 26.3 Å². The molecule has 0 radical (unpaired) electrons. The van der Waals surface area contributed by atoms with Gasteiger partial charge in [-0.3, -0.25) is 4.79 Å². The molecule has 2 atom stereocenters. The predicted molar refractivity (Wildman–Crippen MR) is 102 cm³/mol. The number of hydrogen-bond acceptors (Lipinski definition) is 3. The van der Waals surface area contributed by atoms with Crippen molar-refractivity contribution >= 4 is 5.91 Å². The minimum absolute atomic E-state index is 0.200. The average molecular weight is 355 g/mol. The summed E-state index contributed by atoms with van der Waals surface area (Å²) in [6, 6.07) is 12.1. The molecule has 3 rings (SSSR count). The van der Waals surface area contributed by atoms with Crippen LogP contribution in [0.3, 0.4) is 0 Å². The summed E-state index contributed by atoms with van der Waals surface area (Å²) >= 11 is 0. The summed E-state index contributed by atoms with van der Waals surface area (Å²) in [6.45, 7) is 7.18. The van der Waals surface area contributed by atoms with Crippen molar-refractivity contribution in [2.45, 2.75) is 39.0 Å². The molecule has 4 nitrogen and oxygen atoms in total. The molecule has 0 bridgehead atoms. The van der Waals surface area contributed by atoms with Gasteiger partial charge >= 0.3 is 0 Å². The lowest BCUT2D eigenvalue weighted by Crippen LogP contribution is -2.43. The van der Waals surface area contributed by atoms with E-state index in [-0.39, 0.29) is 11.8 Å². The largest absolute Gasteiger partial charge is 0.469 e. The molecule has 4 heteroatoms. The summed E-state index contributed by atoms with van der Waals surface area (Å²) in [6.07, 6.45) is 4.45. The Morgan fingerprint density at radius 3 is 2.81 bits per heavy atom. The van der Waals surface area contributed by atoms with Gasteiger partial charge in [-0.2, -0.15) is 0 Å². The van der Waals surface area contributed by atoms with Crippen LogP contribution in [-0.4, -0.2) is 37.1 Å². The highest BCUT2D eigenvalue weighted by Crippen LogP contribution is 2.27. The SMILES string of the molecule is CCOCC1CCCN(C(=O)C(Cc2ccco2)c2ccc(C)cc2)C1. The Hall–Kier alpha value is -2.07. The molecule has 1 amide bonds. The van der Waals surface area contributed by atoms with Crippen molar-refractivity contribution in [3.63, 3.8) is 0 Å². The van der Waals surface area contributed by atoms with Crippen LogP contribution in [0.1, 0.15) is 42.6 Å². The van der Waals surface area contributed by atoms with Crippen molar-refractivity contribution in [1.82, 2.24) is 4.90 Å². The van der Waals surface area contributed by atoms with E-state index in [1.165, 1.54) is 5.56 Å². The van der Waals surface area contributed by atoms with Crippen LogP contribution in [0.2, 0.25) is 0 Å². The number of piperidine rings is 1. The number of rotatable bonds is 7. The number of nitrogens with zero attached hydrogens (tertiary/aromatic N) is 1. The maximum atomic E-state index is 13.4. The van der Waals surface area contributed by atoms with Crippen molar-refractivity contribution in [1.29, 1.82) is 0 Å². The fourth-order valence-corrected chi connectivity index (χ4v) is 3.68. The zero-order chi connectivity index (χ0) is 18.4. The molecule has 1 aliphatic rings. The van der Waals surface area contributed by atoms with Gasteiger partial charge in [0.25, 0.3) is 0 Å². The first-order chi connectivity index (χ1) is 12.7. The Bertz CT molecular complexity index is 678. The van der Waals surface area contributed by atoms with Crippen molar-refractivity contribution in [3.8, 4) is 0 Å². The van der Waals surface area contributed by atoms with Gasteiger partial charge in [0.05, 0.1) is 18.8 Å². The van der Waals surface area contributed by atoms with Crippen LogP contribution >= 0.6 is 0 Å². The smallest absolute Gasteiger partial charge is 0.230 e. The van der Waals surface area contributed by atoms with Crippen LogP contribution in [0.15, 0.2) is 47.1 Å². The van der Waals surface area contributed by atoms with Gasteiger partial charge in [0.2, 0.25) is 5.91 Å². The summed E-state index contributed by atoms with van der Waals surface area (Å²) in [5.74, 6) is 1.29. The minimum atomic E-state index is -0.201. The van der Waals surface area contributed by atoms with Gasteiger partial charge in [0.15, 0.2) is 0 Å².